The van der Waals surface area contributed by atoms with Gasteiger partial charge in [-0.2, -0.15) is 13.2 Å². The second kappa shape index (κ2) is 13.9. The Labute approximate surface area is 343 Å². The van der Waals surface area contributed by atoms with Gasteiger partial charge in [0.1, 0.15) is 5.56 Å². The number of rotatable bonds is 5. The van der Waals surface area contributed by atoms with Gasteiger partial charge in [0.15, 0.2) is 23.3 Å². The largest absolute Gasteiger partial charge is 0.420 e. The van der Waals surface area contributed by atoms with Gasteiger partial charge in [-0.05, 0) is 90.2 Å². The molecule has 0 unspecified atom stereocenters. The molecule has 10 aromatic rings. The van der Waals surface area contributed by atoms with Crippen molar-refractivity contribution < 1.29 is 35.1 Å². The number of benzene rings is 8. The lowest BCUT2D eigenvalue weighted by molar-refractivity contribution is -0.137. The summed E-state index contributed by atoms with van der Waals surface area (Å²) in [6.07, 6.45) is -5.14. The highest BCUT2D eigenvalue weighted by Gasteiger charge is 2.40. The fourth-order valence-corrected chi connectivity index (χ4v) is 8.57. The highest BCUT2D eigenvalue weighted by Crippen LogP contribution is 2.47. The Kier molecular flexibility index (Phi) is 8.69. The lowest BCUT2D eigenvalue weighted by Crippen LogP contribution is -2.16. The van der Waals surface area contributed by atoms with Crippen LogP contribution in [0.25, 0.3) is 88.4 Å². The fourth-order valence-electron chi connectivity index (χ4n) is 8.57. The predicted octanol–water partition coefficient (Wildman–Crippen LogP) is 15.2. The Balaban J connectivity index is 1.36. The van der Waals surface area contributed by atoms with Crippen LogP contribution < -0.4 is 0 Å². The van der Waals surface area contributed by atoms with Crippen LogP contribution in [0.15, 0.2) is 146 Å². The molecule has 10 rings (SSSR count). The van der Waals surface area contributed by atoms with Crippen molar-refractivity contribution in [3.05, 3.63) is 191 Å². The normalized spacial score (nSPS) is 12.1. The van der Waals surface area contributed by atoms with Crippen LogP contribution in [-0.2, 0) is 6.18 Å². The molecule has 0 spiro atoms. The average Bonchev–Trinajstić information content (AvgIpc) is 3.77. The molecule has 0 saturated heterocycles. The van der Waals surface area contributed by atoms with Gasteiger partial charge in [0.25, 0.3) is 0 Å². The van der Waals surface area contributed by atoms with Crippen LogP contribution in [0.5, 0.6) is 0 Å². The molecule has 0 radical (unpaired) electrons. The molecule has 0 aliphatic heterocycles. The van der Waals surface area contributed by atoms with E-state index in [-0.39, 0.29) is 0 Å². The van der Waals surface area contributed by atoms with Gasteiger partial charge < -0.3 is 9.13 Å². The molecule has 0 saturated carbocycles. The van der Waals surface area contributed by atoms with Crippen molar-refractivity contribution in [2.45, 2.75) is 20.0 Å². The summed E-state index contributed by atoms with van der Waals surface area (Å²) in [5.74, 6) is -11.2. The molecule has 300 valence electrons. The lowest BCUT2D eigenvalue weighted by Gasteiger charge is -2.23. The van der Waals surface area contributed by atoms with Gasteiger partial charge >= 0.3 is 6.18 Å². The molecule has 61 heavy (non-hydrogen) atoms. The van der Waals surface area contributed by atoms with Crippen LogP contribution in [0.3, 0.4) is 0 Å². The molecule has 2 aromatic heterocycles. The maximum atomic E-state index is 16.3. The van der Waals surface area contributed by atoms with E-state index in [1.54, 1.807) is 72.8 Å². The third-order valence-electron chi connectivity index (χ3n) is 11.5. The van der Waals surface area contributed by atoms with Crippen molar-refractivity contribution >= 4 is 43.6 Å². The highest BCUT2D eigenvalue weighted by atomic mass is 19.4. The third-order valence-corrected chi connectivity index (χ3v) is 11.5. The number of nitrogens with zero attached hydrogens (tertiary/aromatic N) is 2. The Morgan fingerprint density at radius 2 is 0.721 bits per heavy atom. The summed E-state index contributed by atoms with van der Waals surface area (Å²) < 4.78 is 128. The highest BCUT2D eigenvalue weighted by molar-refractivity contribution is 6.12. The van der Waals surface area contributed by atoms with Crippen molar-refractivity contribution in [1.29, 1.82) is 0 Å². The van der Waals surface area contributed by atoms with E-state index in [4.69, 9.17) is 0 Å². The minimum absolute atomic E-state index is 0.313. The molecule has 0 atom stereocenters. The van der Waals surface area contributed by atoms with Gasteiger partial charge in [0.05, 0.1) is 39.0 Å². The van der Waals surface area contributed by atoms with Gasteiger partial charge in [-0.25, -0.2) is 22.0 Å². The van der Waals surface area contributed by atoms with Gasteiger partial charge in [-0.15, -0.1) is 0 Å². The maximum absolute atomic E-state index is 16.3. The van der Waals surface area contributed by atoms with Crippen LogP contribution in [-0.4, -0.2) is 9.13 Å². The molecule has 0 amide bonds. The summed E-state index contributed by atoms with van der Waals surface area (Å²) in [5, 5.41) is 2.29. The second-order valence-electron chi connectivity index (χ2n) is 15.2. The summed E-state index contributed by atoms with van der Waals surface area (Å²) in [7, 11) is 0. The molecule has 2 nitrogen and oxygen atoms in total. The van der Waals surface area contributed by atoms with E-state index < -0.39 is 63.3 Å². The maximum Gasteiger partial charge on any atom is 0.420 e. The van der Waals surface area contributed by atoms with E-state index in [2.05, 4.69) is 0 Å². The zero-order chi connectivity index (χ0) is 42.5. The average molecular weight is 823 g/mol. The Bertz CT molecular complexity index is 3200. The molecule has 2 heterocycles. The molecule has 0 bridgehead atoms. The third kappa shape index (κ3) is 5.99. The number of para-hydroxylation sites is 2. The molecule has 0 N–H and O–H groups in total. The number of fused-ring (bicyclic) bond motifs is 6. The van der Waals surface area contributed by atoms with Gasteiger partial charge in [-0.1, -0.05) is 108 Å². The SMILES string of the molecule is Cc1ccc(-c2ccc3c(c2)c2ccccc2n3-c2cc(-c3c(F)c(F)c(F)c(F)c3F)cc(-n3c4ccccc4c4cc(-c5ccc(C)cc5)ccc43)c2C(F)(F)F)cc1. The summed E-state index contributed by atoms with van der Waals surface area (Å²) in [5.41, 5.74) is 2.27. The van der Waals surface area contributed by atoms with Gasteiger partial charge in [0.2, 0.25) is 5.82 Å². The van der Waals surface area contributed by atoms with E-state index in [9.17, 15) is 4.39 Å². The minimum Gasteiger partial charge on any atom is -0.309 e. The van der Waals surface area contributed by atoms with Crippen LogP contribution in [0.1, 0.15) is 16.7 Å². The van der Waals surface area contributed by atoms with E-state index in [0.717, 1.165) is 45.5 Å². The van der Waals surface area contributed by atoms with Crippen molar-refractivity contribution in [2.24, 2.45) is 0 Å². The quantitative estimate of drug-likeness (QED) is 0.0930. The molecule has 0 fully saturated rings. The summed E-state index contributed by atoms with van der Waals surface area (Å²) in [4.78, 5) is 0. The summed E-state index contributed by atoms with van der Waals surface area (Å²) >= 11 is 0. The molecule has 0 aliphatic rings. The molecular formula is C51H30F8N2. The molecule has 8 aromatic carbocycles. The number of aryl methyl sites for hydroxylation is 2. The first-order valence-electron chi connectivity index (χ1n) is 19.3. The van der Waals surface area contributed by atoms with Crippen molar-refractivity contribution in [1.82, 2.24) is 9.13 Å². The molecule has 10 heteroatoms. The van der Waals surface area contributed by atoms with Crippen molar-refractivity contribution in [3.63, 3.8) is 0 Å². The number of hydrogen-bond donors (Lipinski definition) is 0. The topological polar surface area (TPSA) is 9.86 Å². The van der Waals surface area contributed by atoms with Crippen LogP contribution >= 0.6 is 0 Å². The molecular weight excluding hydrogens is 793 g/mol. The number of alkyl halides is 3. The van der Waals surface area contributed by atoms with Gasteiger partial charge in [0, 0.05) is 21.5 Å². The standard InChI is InChI=1S/C51H30F8N2/c1-27-11-15-29(16-12-27)31-19-21-40-36(23-31)34-7-3-5-9-38(34)60(40)42-25-33(44-46(52)48(54)50(56)49(55)47(44)53)26-43(45(42)51(57,58)59)61-39-10-6-4-8-35(39)37-24-32(20-22-41(37)61)30-17-13-28(2)14-18-30/h3-26H,1-2H3. The van der Waals surface area contributed by atoms with E-state index >= 15 is 30.7 Å². The molecule has 0 aliphatic carbocycles. The van der Waals surface area contributed by atoms with E-state index in [1.807, 2.05) is 74.5 Å². The number of halogens is 8. The predicted molar refractivity (Wildman–Crippen MR) is 226 cm³/mol. The Morgan fingerprint density at radius 1 is 0.361 bits per heavy atom. The number of aromatic nitrogens is 2. The van der Waals surface area contributed by atoms with E-state index in [1.165, 1.54) is 9.13 Å². The zero-order valence-electron chi connectivity index (χ0n) is 32.3. The lowest BCUT2D eigenvalue weighted by atomic mass is 9.97. The van der Waals surface area contributed by atoms with Crippen molar-refractivity contribution in [2.75, 3.05) is 0 Å². The first-order chi connectivity index (χ1) is 29.3. The van der Waals surface area contributed by atoms with Crippen LogP contribution in [0.4, 0.5) is 35.1 Å². The summed E-state index contributed by atoms with van der Waals surface area (Å²) in [6, 6.07) is 41.4. The monoisotopic (exact) mass is 822 g/mol. The Morgan fingerprint density at radius 3 is 1.13 bits per heavy atom. The smallest absolute Gasteiger partial charge is 0.309 e. The fraction of sp³-hybridized carbons (Fsp3) is 0.0588. The van der Waals surface area contributed by atoms with Crippen molar-refractivity contribution in [3.8, 4) is 44.8 Å². The van der Waals surface area contributed by atoms with Crippen LogP contribution in [0.2, 0.25) is 0 Å². The number of hydrogen-bond acceptors (Lipinski definition) is 0. The first kappa shape index (κ1) is 38.0. The van der Waals surface area contributed by atoms with E-state index in [0.29, 0.717) is 43.6 Å². The minimum atomic E-state index is -5.14. The zero-order valence-corrected chi connectivity index (χ0v) is 32.3. The van der Waals surface area contributed by atoms with Gasteiger partial charge in [-0.3, -0.25) is 0 Å². The Hall–Kier alpha value is -7.20. The summed E-state index contributed by atoms with van der Waals surface area (Å²) in [6.45, 7) is 3.91. The van der Waals surface area contributed by atoms with Crippen LogP contribution in [0, 0.1) is 42.9 Å². The first-order valence-corrected chi connectivity index (χ1v) is 19.3. The second-order valence-corrected chi connectivity index (χ2v) is 15.2.